The van der Waals surface area contributed by atoms with Crippen LogP contribution in [0.3, 0.4) is 0 Å². The number of nitrogens with one attached hydrogen (secondary N) is 2. The predicted octanol–water partition coefficient (Wildman–Crippen LogP) is 3.17. The van der Waals surface area contributed by atoms with E-state index in [9.17, 15) is 9.59 Å². The van der Waals surface area contributed by atoms with Gasteiger partial charge in [-0.1, -0.05) is 32.9 Å². The van der Waals surface area contributed by atoms with Crippen molar-refractivity contribution < 1.29 is 14.3 Å². The van der Waals surface area contributed by atoms with Gasteiger partial charge >= 0.3 is 6.03 Å². The van der Waals surface area contributed by atoms with Gasteiger partial charge in [-0.3, -0.25) is 4.79 Å². The third kappa shape index (κ3) is 6.15. The lowest BCUT2D eigenvalue weighted by Crippen LogP contribution is -2.51. The van der Waals surface area contributed by atoms with Gasteiger partial charge in [-0.05, 0) is 42.9 Å². The van der Waals surface area contributed by atoms with Gasteiger partial charge in [0.15, 0.2) is 0 Å². The Balaban J connectivity index is 1.79. The average Bonchev–Trinajstić information content (AvgIpc) is 2.66. The summed E-state index contributed by atoms with van der Waals surface area (Å²) in [7, 11) is 1.63. The molecule has 6 nitrogen and oxygen atoms in total. The van der Waals surface area contributed by atoms with Crippen LogP contribution < -0.4 is 15.4 Å². The smallest absolute Gasteiger partial charge is 0.317 e. The van der Waals surface area contributed by atoms with Gasteiger partial charge in [-0.2, -0.15) is 0 Å². The Kier molecular flexibility index (Phi) is 7.51. The summed E-state index contributed by atoms with van der Waals surface area (Å²) >= 11 is 0. The fraction of sp³-hybridized carbons (Fsp3) is 0.619. The van der Waals surface area contributed by atoms with Gasteiger partial charge < -0.3 is 20.3 Å². The van der Waals surface area contributed by atoms with Gasteiger partial charge in [0.2, 0.25) is 5.91 Å². The predicted molar refractivity (Wildman–Crippen MR) is 107 cm³/mol. The Labute approximate surface area is 162 Å². The monoisotopic (exact) mass is 375 g/mol. The molecule has 150 valence electrons. The summed E-state index contributed by atoms with van der Waals surface area (Å²) in [5.41, 5.74) is 0.571. The van der Waals surface area contributed by atoms with E-state index in [0.717, 1.165) is 17.7 Å². The largest absolute Gasteiger partial charge is 0.497 e. The Hall–Kier alpha value is -2.24. The van der Waals surface area contributed by atoms with Crippen LogP contribution in [0, 0.1) is 11.3 Å². The second-order valence-corrected chi connectivity index (χ2v) is 8.00. The minimum Gasteiger partial charge on any atom is -0.497 e. The molecule has 6 heteroatoms. The van der Waals surface area contributed by atoms with Gasteiger partial charge in [0.1, 0.15) is 5.75 Å². The van der Waals surface area contributed by atoms with Crippen LogP contribution in [0.5, 0.6) is 5.75 Å². The second-order valence-electron chi connectivity index (χ2n) is 8.00. The lowest BCUT2D eigenvalue weighted by atomic mass is 9.79. The second kappa shape index (κ2) is 9.62. The van der Waals surface area contributed by atoms with E-state index in [4.69, 9.17) is 4.74 Å². The van der Waals surface area contributed by atoms with E-state index in [2.05, 4.69) is 24.5 Å². The molecule has 2 rings (SSSR count). The third-order valence-electron chi connectivity index (χ3n) is 5.29. The van der Waals surface area contributed by atoms with E-state index in [1.807, 2.05) is 36.1 Å². The molecule has 1 aromatic carbocycles. The number of carbonyl (C=O) groups is 2. The van der Waals surface area contributed by atoms with Crippen molar-refractivity contribution in [2.45, 2.75) is 46.6 Å². The molecule has 1 aromatic rings. The number of hydrogen-bond donors (Lipinski definition) is 2. The molecule has 0 aliphatic carbocycles. The Morgan fingerprint density at radius 2 is 1.93 bits per heavy atom. The summed E-state index contributed by atoms with van der Waals surface area (Å²) in [6.07, 6.45) is 2.33. The number of piperidine rings is 1. The first-order valence-corrected chi connectivity index (χ1v) is 9.78. The molecular formula is C21H33N3O3. The maximum absolute atomic E-state index is 12.7. The first-order valence-electron chi connectivity index (χ1n) is 9.78. The van der Waals surface area contributed by atoms with Crippen molar-refractivity contribution in [2.24, 2.45) is 11.3 Å². The normalized spacial score (nSPS) is 16.1. The zero-order valence-electron chi connectivity index (χ0n) is 17.0. The van der Waals surface area contributed by atoms with Crippen molar-refractivity contribution in [1.82, 2.24) is 15.5 Å². The maximum Gasteiger partial charge on any atom is 0.317 e. The molecular weight excluding hydrogens is 342 g/mol. The number of hydrogen-bond acceptors (Lipinski definition) is 3. The fourth-order valence-electron chi connectivity index (χ4n) is 3.19. The van der Waals surface area contributed by atoms with Crippen LogP contribution in [-0.2, 0) is 11.3 Å². The average molecular weight is 376 g/mol. The van der Waals surface area contributed by atoms with Crippen LogP contribution >= 0.6 is 0 Å². The number of nitrogens with zero attached hydrogens (tertiary/aromatic N) is 1. The molecule has 0 unspecified atom stereocenters. The number of urea groups is 1. The number of ether oxygens (including phenoxy) is 1. The van der Waals surface area contributed by atoms with Crippen LogP contribution in [0.4, 0.5) is 4.79 Å². The first kappa shape index (κ1) is 21.1. The molecule has 1 fully saturated rings. The third-order valence-corrected chi connectivity index (χ3v) is 5.29. The van der Waals surface area contributed by atoms with Crippen molar-refractivity contribution in [3.63, 3.8) is 0 Å². The van der Waals surface area contributed by atoms with Gasteiger partial charge in [0.05, 0.1) is 7.11 Å². The molecule has 1 aliphatic heterocycles. The standard InChI is InChI=1S/C21H33N3O3/c1-16(2)8-11-22-20(26)24-12-9-21(3,10-13-24)19(25)23-15-17-6-5-7-18(14-17)27-4/h5-7,14,16H,8-13,15H2,1-4H3,(H,22,26)(H,23,25). The van der Waals surface area contributed by atoms with E-state index in [0.29, 0.717) is 44.9 Å². The van der Waals surface area contributed by atoms with Crippen LogP contribution in [-0.4, -0.2) is 43.6 Å². The molecule has 0 aromatic heterocycles. The number of rotatable bonds is 7. The molecule has 0 radical (unpaired) electrons. The van der Waals surface area contributed by atoms with Gasteiger partial charge in [0, 0.05) is 31.6 Å². The number of benzene rings is 1. The Morgan fingerprint density at radius 3 is 2.56 bits per heavy atom. The highest BCUT2D eigenvalue weighted by molar-refractivity contribution is 5.83. The molecule has 1 heterocycles. The Morgan fingerprint density at radius 1 is 1.22 bits per heavy atom. The maximum atomic E-state index is 12.7. The van der Waals surface area contributed by atoms with Crippen LogP contribution in [0.1, 0.15) is 45.6 Å². The fourth-order valence-corrected chi connectivity index (χ4v) is 3.19. The van der Waals surface area contributed by atoms with Gasteiger partial charge in [-0.15, -0.1) is 0 Å². The van der Waals surface area contributed by atoms with E-state index in [1.165, 1.54) is 0 Å². The lowest BCUT2D eigenvalue weighted by Gasteiger charge is -2.38. The summed E-state index contributed by atoms with van der Waals surface area (Å²) < 4.78 is 5.22. The van der Waals surface area contributed by atoms with Crippen LogP contribution in [0.15, 0.2) is 24.3 Å². The zero-order chi connectivity index (χ0) is 19.9. The Bertz CT molecular complexity index is 637. The van der Waals surface area contributed by atoms with Crippen molar-refractivity contribution in [1.29, 1.82) is 0 Å². The quantitative estimate of drug-likeness (QED) is 0.769. The molecule has 0 spiro atoms. The summed E-state index contributed by atoms with van der Waals surface area (Å²) in [6, 6.07) is 7.67. The van der Waals surface area contributed by atoms with Gasteiger partial charge in [-0.25, -0.2) is 4.79 Å². The highest BCUT2D eigenvalue weighted by Gasteiger charge is 2.37. The highest BCUT2D eigenvalue weighted by Crippen LogP contribution is 2.31. The molecule has 1 aliphatic rings. The van der Waals surface area contributed by atoms with E-state index < -0.39 is 5.41 Å². The summed E-state index contributed by atoms with van der Waals surface area (Å²) in [5.74, 6) is 1.40. The minimum absolute atomic E-state index is 0.0190. The number of carbonyl (C=O) groups excluding carboxylic acids is 2. The van der Waals surface area contributed by atoms with Gasteiger partial charge in [0.25, 0.3) is 0 Å². The van der Waals surface area contributed by atoms with Crippen LogP contribution in [0.2, 0.25) is 0 Å². The van der Waals surface area contributed by atoms with E-state index in [1.54, 1.807) is 7.11 Å². The zero-order valence-corrected chi connectivity index (χ0v) is 17.0. The molecule has 1 saturated heterocycles. The molecule has 27 heavy (non-hydrogen) atoms. The topological polar surface area (TPSA) is 70.7 Å². The summed E-state index contributed by atoms with van der Waals surface area (Å²) in [4.78, 5) is 26.8. The number of amides is 3. The first-order chi connectivity index (χ1) is 12.8. The molecule has 2 N–H and O–H groups in total. The molecule has 0 bridgehead atoms. The highest BCUT2D eigenvalue weighted by atomic mass is 16.5. The number of likely N-dealkylation sites (tertiary alicyclic amines) is 1. The van der Waals surface area contributed by atoms with Crippen LogP contribution in [0.25, 0.3) is 0 Å². The molecule has 3 amide bonds. The SMILES string of the molecule is COc1cccc(CNC(=O)C2(C)CCN(C(=O)NCCC(C)C)CC2)c1. The van der Waals surface area contributed by atoms with Crippen molar-refractivity contribution in [3.8, 4) is 5.75 Å². The summed E-state index contributed by atoms with van der Waals surface area (Å²) in [5, 5.41) is 6.01. The van der Waals surface area contributed by atoms with Crippen molar-refractivity contribution in [3.05, 3.63) is 29.8 Å². The summed E-state index contributed by atoms with van der Waals surface area (Å²) in [6.45, 7) is 8.66. The molecule has 0 atom stereocenters. The minimum atomic E-state index is -0.437. The van der Waals surface area contributed by atoms with E-state index >= 15 is 0 Å². The molecule has 0 saturated carbocycles. The van der Waals surface area contributed by atoms with Crippen molar-refractivity contribution >= 4 is 11.9 Å². The lowest BCUT2D eigenvalue weighted by molar-refractivity contribution is -0.132. The van der Waals surface area contributed by atoms with E-state index in [-0.39, 0.29) is 11.9 Å². The van der Waals surface area contributed by atoms with Crippen molar-refractivity contribution in [2.75, 3.05) is 26.7 Å². The number of methoxy groups -OCH3 is 1.